The van der Waals surface area contributed by atoms with Gasteiger partial charge in [0.15, 0.2) is 0 Å². The molecule has 0 saturated heterocycles. The van der Waals surface area contributed by atoms with E-state index in [9.17, 15) is 4.79 Å². The molecule has 3 unspecified atom stereocenters. The molecule has 2 aliphatic rings. The minimum atomic E-state index is 0.154. The van der Waals surface area contributed by atoms with E-state index in [1.807, 2.05) is 18.2 Å². The Balaban J connectivity index is 1.71. The highest BCUT2D eigenvalue weighted by molar-refractivity contribution is 9.10. The van der Waals surface area contributed by atoms with Crippen LogP contribution in [0.3, 0.4) is 0 Å². The van der Waals surface area contributed by atoms with Gasteiger partial charge in [0.2, 0.25) is 5.91 Å². The van der Waals surface area contributed by atoms with Gasteiger partial charge in [0.25, 0.3) is 0 Å². The zero-order chi connectivity index (χ0) is 14.3. The molecular weight excluding hydrogens is 336 g/mol. The molecule has 2 saturated carbocycles. The normalized spacial score (nSPS) is 27.6. The lowest BCUT2D eigenvalue weighted by Gasteiger charge is -2.21. The van der Waals surface area contributed by atoms with E-state index in [-0.39, 0.29) is 11.8 Å². The molecule has 3 nitrogen and oxygen atoms in total. The lowest BCUT2D eigenvalue weighted by molar-refractivity contribution is -0.121. The van der Waals surface area contributed by atoms with Gasteiger partial charge in [-0.3, -0.25) is 4.79 Å². The summed E-state index contributed by atoms with van der Waals surface area (Å²) >= 11 is 8.41. The van der Waals surface area contributed by atoms with Crippen LogP contribution in [0.1, 0.15) is 31.2 Å². The van der Waals surface area contributed by atoms with Crippen LogP contribution in [0.15, 0.2) is 22.7 Å². The maximum atomic E-state index is 12.4. The van der Waals surface area contributed by atoms with Crippen LogP contribution >= 0.6 is 28.1 Å². The molecule has 1 aromatic carbocycles. The van der Waals surface area contributed by atoms with Crippen molar-refractivity contribution in [2.45, 2.75) is 25.7 Å². The zero-order valence-electron chi connectivity index (χ0n) is 11.1. The highest BCUT2D eigenvalue weighted by Gasteiger charge is 2.43. The minimum Gasteiger partial charge on any atom is -0.389 e. The highest BCUT2D eigenvalue weighted by atomic mass is 79.9. The molecule has 2 aliphatic carbocycles. The van der Waals surface area contributed by atoms with E-state index in [0.717, 1.165) is 28.1 Å². The van der Waals surface area contributed by atoms with Gasteiger partial charge < -0.3 is 11.1 Å². The smallest absolute Gasteiger partial charge is 0.227 e. The second-order valence-electron chi connectivity index (χ2n) is 5.83. The van der Waals surface area contributed by atoms with E-state index in [1.165, 1.54) is 19.3 Å². The van der Waals surface area contributed by atoms with Crippen molar-refractivity contribution < 1.29 is 4.79 Å². The van der Waals surface area contributed by atoms with Gasteiger partial charge in [-0.1, -0.05) is 18.6 Å². The highest BCUT2D eigenvalue weighted by Crippen LogP contribution is 2.48. The molecule has 3 N–H and O–H groups in total. The van der Waals surface area contributed by atoms with Gasteiger partial charge in [-0.2, -0.15) is 0 Å². The third-order valence-electron chi connectivity index (χ3n) is 4.59. The first-order valence-corrected chi connectivity index (χ1v) is 8.15. The molecule has 0 radical (unpaired) electrons. The summed E-state index contributed by atoms with van der Waals surface area (Å²) < 4.78 is 0.819. The Bertz CT molecular complexity index is 575. The number of carbonyl (C=O) groups excluding carboxylic acids is 1. The van der Waals surface area contributed by atoms with Gasteiger partial charge in [0, 0.05) is 16.0 Å². The molecule has 5 heteroatoms. The molecule has 1 amide bonds. The molecule has 0 spiro atoms. The standard InChI is InChI=1S/C15H17BrN2OS/c16-12-7-10(14(17)20)3-4-13(12)18-15(19)11-6-8-1-2-9(11)5-8/h3-4,7-9,11H,1-2,5-6H2,(H2,17,20)(H,18,19). The molecule has 3 rings (SSSR count). The number of hydrogen-bond acceptors (Lipinski definition) is 2. The van der Waals surface area contributed by atoms with Crippen molar-refractivity contribution >= 4 is 44.7 Å². The average molecular weight is 353 g/mol. The number of rotatable bonds is 3. The summed E-state index contributed by atoms with van der Waals surface area (Å²) in [5, 5.41) is 3.03. The second kappa shape index (κ2) is 5.45. The summed E-state index contributed by atoms with van der Waals surface area (Å²) in [6, 6.07) is 5.53. The molecule has 0 aromatic heterocycles. The molecular formula is C15H17BrN2OS. The quantitative estimate of drug-likeness (QED) is 0.819. The fourth-order valence-corrected chi connectivity index (χ4v) is 4.17. The van der Waals surface area contributed by atoms with Crippen LogP contribution < -0.4 is 11.1 Å². The fourth-order valence-electron chi connectivity index (χ4n) is 3.56. The Hall–Kier alpha value is -0.940. The van der Waals surface area contributed by atoms with E-state index in [4.69, 9.17) is 18.0 Å². The van der Waals surface area contributed by atoms with E-state index >= 15 is 0 Å². The van der Waals surface area contributed by atoms with E-state index < -0.39 is 0 Å². The minimum absolute atomic E-state index is 0.154. The van der Waals surface area contributed by atoms with Gasteiger partial charge in [-0.05, 0) is 65.2 Å². The molecule has 1 aromatic rings. The third-order valence-corrected chi connectivity index (χ3v) is 5.48. The summed E-state index contributed by atoms with van der Waals surface area (Å²) in [6.45, 7) is 0. The topological polar surface area (TPSA) is 55.1 Å². The van der Waals surface area contributed by atoms with Crippen LogP contribution in [-0.2, 0) is 4.79 Å². The monoisotopic (exact) mass is 352 g/mol. The first-order chi connectivity index (χ1) is 9.54. The van der Waals surface area contributed by atoms with Crippen LogP contribution in [0.2, 0.25) is 0 Å². The number of hydrogen-bond donors (Lipinski definition) is 2. The van der Waals surface area contributed by atoms with Crippen molar-refractivity contribution in [3.05, 3.63) is 28.2 Å². The van der Waals surface area contributed by atoms with Crippen molar-refractivity contribution in [2.75, 3.05) is 5.32 Å². The molecule has 0 aliphatic heterocycles. The molecule has 106 valence electrons. The Morgan fingerprint density at radius 3 is 2.70 bits per heavy atom. The summed E-state index contributed by atoms with van der Waals surface area (Å²) in [7, 11) is 0. The first-order valence-electron chi connectivity index (χ1n) is 6.95. The molecule has 0 heterocycles. The number of carbonyl (C=O) groups is 1. The number of benzene rings is 1. The SMILES string of the molecule is NC(=S)c1ccc(NC(=O)C2CC3CCC2C3)c(Br)c1. The lowest BCUT2D eigenvalue weighted by atomic mass is 9.88. The van der Waals surface area contributed by atoms with Crippen molar-refractivity contribution in [2.24, 2.45) is 23.5 Å². The van der Waals surface area contributed by atoms with Crippen molar-refractivity contribution in [3.63, 3.8) is 0 Å². The number of halogens is 1. The predicted octanol–water partition coefficient (Wildman–Crippen LogP) is 3.46. The predicted molar refractivity (Wildman–Crippen MR) is 87.6 cm³/mol. The third kappa shape index (κ3) is 2.61. The van der Waals surface area contributed by atoms with Crippen LogP contribution in [0.5, 0.6) is 0 Å². The second-order valence-corrected chi connectivity index (χ2v) is 7.12. The van der Waals surface area contributed by atoms with Crippen LogP contribution in [0, 0.1) is 17.8 Å². The maximum absolute atomic E-state index is 12.4. The summed E-state index contributed by atoms with van der Waals surface area (Å²) in [6.07, 6.45) is 4.81. The van der Waals surface area contributed by atoms with Crippen LogP contribution in [0.4, 0.5) is 5.69 Å². The number of fused-ring (bicyclic) bond motifs is 2. The zero-order valence-corrected chi connectivity index (χ0v) is 13.5. The number of amides is 1. The molecule has 3 atom stereocenters. The van der Waals surface area contributed by atoms with E-state index in [2.05, 4.69) is 21.2 Å². The van der Waals surface area contributed by atoms with E-state index in [1.54, 1.807) is 0 Å². The van der Waals surface area contributed by atoms with Gasteiger partial charge in [-0.25, -0.2) is 0 Å². The number of thiocarbonyl (C=S) groups is 1. The van der Waals surface area contributed by atoms with Crippen molar-refractivity contribution in [3.8, 4) is 0 Å². The Labute approximate surface area is 132 Å². The Morgan fingerprint density at radius 2 is 2.15 bits per heavy atom. The average Bonchev–Trinajstić information content (AvgIpc) is 3.03. The molecule has 2 fully saturated rings. The maximum Gasteiger partial charge on any atom is 0.227 e. The van der Waals surface area contributed by atoms with Gasteiger partial charge in [0.05, 0.1) is 5.69 Å². The molecule has 20 heavy (non-hydrogen) atoms. The van der Waals surface area contributed by atoms with Crippen LogP contribution in [0.25, 0.3) is 0 Å². The van der Waals surface area contributed by atoms with Crippen LogP contribution in [-0.4, -0.2) is 10.9 Å². The summed E-state index contributed by atoms with van der Waals surface area (Å²) in [5.74, 6) is 1.71. The van der Waals surface area contributed by atoms with Crippen molar-refractivity contribution in [1.82, 2.24) is 0 Å². The van der Waals surface area contributed by atoms with Gasteiger partial charge >= 0.3 is 0 Å². The van der Waals surface area contributed by atoms with Crippen molar-refractivity contribution in [1.29, 1.82) is 0 Å². The number of anilines is 1. The molecule has 2 bridgehead atoms. The Kier molecular flexibility index (Phi) is 3.82. The van der Waals surface area contributed by atoms with Gasteiger partial charge in [-0.15, -0.1) is 0 Å². The largest absolute Gasteiger partial charge is 0.389 e. The van der Waals surface area contributed by atoms with Gasteiger partial charge in [0.1, 0.15) is 4.99 Å². The number of nitrogens with two attached hydrogens (primary N) is 1. The summed E-state index contributed by atoms with van der Waals surface area (Å²) in [5.41, 5.74) is 7.18. The first kappa shape index (κ1) is 14.0. The van der Waals surface area contributed by atoms with E-state index in [0.29, 0.717) is 10.9 Å². The number of nitrogens with one attached hydrogen (secondary N) is 1. The Morgan fingerprint density at radius 1 is 1.35 bits per heavy atom. The lowest BCUT2D eigenvalue weighted by Crippen LogP contribution is -2.27. The summed E-state index contributed by atoms with van der Waals surface area (Å²) in [4.78, 5) is 12.8. The fraction of sp³-hybridized carbons (Fsp3) is 0.467.